The lowest BCUT2D eigenvalue weighted by molar-refractivity contribution is 0.382. The zero-order valence-corrected chi connectivity index (χ0v) is 10.5. The van der Waals surface area contributed by atoms with Crippen molar-refractivity contribution in [2.75, 3.05) is 13.7 Å². The molecule has 1 rings (SSSR count). The molecule has 1 aromatic rings. The van der Waals surface area contributed by atoms with E-state index in [-0.39, 0.29) is 17.5 Å². The molecule has 0 aliphatic rings. The van der Waals surface area contributed by atoms with Crippen molar-refractivity contribution in [3.05, 3.63) is 28.0 Å². The molecule has 0 saturated carbocycles. The zero-order valence-electron chi connectivity index (χ0n) is 8.89. The molecule has 0 aromatic heterocycles. The van der Waals surface area contributed by atoms with E-state index in [1.165, 1.54) is 7.11 Å². The number of nitrogens with two attached hydrogens (primary N) is 1. The standard InChI is InChI=1S/C11H15BrFNO/c1-7(3-4-14)9-5-8(12)6-10(15-2)11(9)13/h5-7H,3-4,14H2,1-2H3. The maximum Gasteiger partial charge on any atom is 0.168 e. The number of rotatable bonds is 4. The van der Waals surface area contributed by atoms with Crippen molar-refractivity contribution >= 4 is 15.9 Å². The largest absolute Gasteiger partial charge is 0.494 e. The Morgan fingerprint density at radius 3 is 2.73 bits per heavy atom. The Bertz CT molecular complexity index is 344. The van der Waals surface area contributed by atoms with Gasteiger partial charge in [-0.05, 0) is 36.6 Å². The molecule has 15 heavy (non-hydrogen) atoms. The Hall–Kier alpha value is -0.610. The summed E-state index contributed by atoms with van der Waals surface area (Å²) in [7, 11) is 1.46. The van der Waals surface area contributed by atoms with Gasteiger partial charge in [-0.3, -0.25) is 0 Å². The summed E-state index contributed by atoms with van der Waals surface area (Å²) in [6.45, 7) is 2.51. The van der Waals surface area contributed by atoms with E-state index in [1.807, 2.05) is 6.92 Å². The molecule has 0 aliphatic heterocycles. The summed E-state index contributed by atoms with van der Waals surface area (Å²) in [4.78, 5) is 0. The van der Waals surface area contributed by atoms with E-state index in [0.717, 1.165) is 10.9 Å². The van der Waals surface area contributed by atoms with E-state index >= 15 is 0 Å². The molecule has 0 fully saturated rings. The summed E-state index contributed by atoms with van der Waals surface area (Å²) in [6, 6.07) is 3.40. The van der Waals surface area contributed by atoms with E-state index in [2.05, 4.69) is 15.9 Å². The van der Waals surface area contributed by atoms with Gasteiger partial charge < -0.3 is 10.5 Å². The van der Waals surface area contributed by atoms with Crippen molar-refractivity contribution in [3.8, 4) is 5.75 Å². The van der Waals surface area contributed by atoms with Crippen LogP contribution in [0.2, 0.25) is 0 Å². The highest BCUT2D eigenvalue weighted by molar-refractivity contribution is 9.10. The van der Waals surface area contributed by atoms with Crippen LogP contribution < -0.4 is 10.5 Å². The fourth-order valence-corrected chi connectivity index (χ4v) is 1.95. The molecule has 2 N–H and O–H groups in total. The zero-order chi connectivity index (χ0) is 11.4. The molecule has 0 bridgehead atoms. The van der Waals surface area contributed by atoms with Crippen molar-refractivity contribution in [2.45, 2.75) is 19.3 Å². The highest BCUT2D eigenvalue weighted by Crippen LogP contribution is 2.31. The van der Waals surface area contributed by atoms with E-state index < -0.39 is 0 Å². The second kappa shape index (κ2) is 5.47. The number of ether oxygens (including phenoxy) is 1. The lowest BCUT2D eigenvalue weighted by Crippen LogP contribution is -2.07. The fraction of sp³-hybridized carbons (Fsp3) is 0.455. The van der Waals surface area contributed by atoms with Gasteiger partial charge in [0.2, 0.25) is 0 Å². The second-order valence-electron chi connectivity index (χ2n) is 3.49. The summed E-state index contributed by atoms with van der Waals surface area (Å²) in [6.07, 6.45) is 0.760. The smallest absolute Gasteiger partial charge is 0.168 e. The van der Waals surface area contributed by atoms with Crippen molar-refractivity contribution < 1.29 is 9.13 Å². The van der Waals surface area contributed by atoms with Crippen LogP contribution in [0.25, 0.3) is 0 Å². The van der Waals surface area contributed by atoms with Gasteiger partial charge in [0.1, 0.15) is 0 Å². The van der Waals surface area contributed by atoms with Crippen LogP contribution >= 0.6 is 15.9 Å². The first kappa shape index (κ1) is 12.5. The van der Waals surface area contributed by atoms with Crippen LogP contribution in [0.15, 0.2) is 16.6 Å². The molecule has 0 heterocycles. The number of hydrogen-bond donors (Lipinski definition) is 1. The Morgan fingerprint density at radius 1 is 1.53 bits per heavy atom. The maximum atomic E-state index is 13.8. The molecule has 0 amide bonds. The summed E-state index contributed by atoms with van der Waals surface area (Å²) >= 11 is 3.33. The first-order chi connectivity index (χ1) is 7.10. The quantitative estimate of drug-likeness (QED) is 0.917. The number of hydrogen-bond acceptors (Lipinski definition) is 2. The Balaban J connectivity index is 3.11. The van der Waals surface area contributed by atoms with Gasteiger partial charge in [0.15, 0.2) is 11.6 Å². The van der Waals surface area contributed by atoms with Crippen LogP contribution in [-0.4, -0.2) is 13.7 Å². The molecule has 1 atom stereocenters. The summed E-state index contributed by atoms with van der Waals surface area (Å²) < 4.78 is 19.6. The van der Waals surface area contributed by atoms with Crippen LogP contribution in [0, 0.1) is 5.82 Å². The molecular weight excluding hydrogens is 261 g/mol. The van der Waals surface area contributed by atoms with Crippen molar-refractivity contribution in [1.29, 1.82) is 0 Å². The van der Waals surface area contributed by atoms with Gasteiger partial charge >= 0.3 is 0 Å². The monoisotopic (exact) mass is 275 g/mol. The van der Waals surface area contributed by atoms with Gasteiger partial charge in [-0.1, -0.05) is 22.9 Å². The topological polar surface area (TPSA) is 35.2 Å². The predicted molar refractivity (Wildman–Crippen MR) is 62.7 cm³/mol. The normalized spacial score (nSPS) is 12.6. The lowest BCUT2D eigenvalue weighted by Gasteiger charge is -2.14. The third-order valence-electron chi connectivity index (χ3n) is 2.38. The highest BCUT2D eigenvalue weighted by atomic mass is 79.9. The number of methoxy groups -OCH3 is 1. The van der Waals surface area contributed by atoms with Gasteiger partial charge in [0.25, 0.3) is 0 Å². The van der Waals surface area contributed by atoms with Gasteiger partial charge in [-0.2, -0.15) is 0 Å². The molecule has 1 aromatic carbocycles. The third-order valence-corrected chi connectivity index (χ3v) is 2.84. The van der Waals surface area contributed by atoms with E-state index in [1.54, 1.807) is 12.1 Å². The van der Waals surface area contributed by atoms with E-state index in [4.69, 9.17) is 10.5 Å². The number of halogens is 2. The minimum absolute atomic E-state index is 0.0985. The first-order valence-corrected chi connectivity index (χ1v) is 5.62. The molecule has 0 radical (unpaired) electrons. The highest BCUT2D eigenvalue weighted by Gasteiger charge is 2.15. The predicted octanol–water partition coefficient (Wildman–Crippen LogP) is 3.05. The summed E-state index contributed by atoms with van der Waals surface area (Å²) in [5.41, 5.74) is 6.11. The molecule has 84 valence electrons. The average Bonchev–Trinajstić information content (AvgIpc) is 2.21. The van der Waals surface area contributed by atoms with Crippen molar-refractivity contribution in [3.63, 3.8) is 0 Å². The average molecular weight is 276 g/mol. The summed E-state index contributed by atoms with van der Waals surface area (Å²) in [5.74, 6) is 0.0753. The molecule has 4 heteroatoms. The van der Waals surface area contributed by atoms with Crippen LogP contribution in [-0.2, 0) is 0 Å². The fourth-order valence-electron chi connectivity index (χ4n) is 1.50. The number of benzene rings is 1. The molecule has 0 saturated heterocycles. The minimum atomic E-state index is -0.290. The first-order valence-electron chi connectivity index (χ1n) is 4.83. The molecular formula is C11H15BrFNO. The van der Waals surface area contributed by atoms with Gasteiger partial charge in [-0.25, -0.2) is 4.39 Å². The van der Waals surface area contributed by atoms with Gasteiger partial charge in [-0.15, -0.1) is 0 Å². The minimum Gasteiger partial charge on any atom is -0.494 e. The van der Waals surface area contributed by atoms with Crippen LogP contribution in [0.1, 0.15) is 24.8 Å². The third kappa shape index (κ3) is 2.92. The molecule has 0 aliphatic carbocycles. The van der Waals surface area contributed by atoms with Crippen molar-refractivity contribution in [1.82, 2.24) is 0 Å². The van der Waals surface area contributed by atoms with Gasteiger partial charge in [0.05, 0.1) is 7.11 Å². The van der Waals surface area contributed by atoms with Crippen molar-refractivity contribution in [2.24, 2.45) is 5.73 Å². The SMILES string of the molecule is COc1cc(Br)cc(C(C)CCN)c1F. The maximum absolute atomic E-state index is 13.8. The molecule has 2 nitrogen and oxygen atoms in total. The summed E-state index contributed by atoms with van der Waals surface area (Å²) in [5, 5.41) is 0. The van der Waals surface area contributed by atoms with Gasteiger partial charge in [0, 0.05) is 4.47 Å². The Morgan fingerprint density at radius 2 is 2.20 bits per heavy atom. The molecule has 1 unspecified atom stereocenters. The second-order valence-corrected chi connectivity index (χ2v) is 4.41. The van der Waals surface area contributed by atoms with Crippen LogP contribution in [0.4, 0.5) is 4.39 Å². The van der Waals surface area contributed by atoms with Crippen LogP contribution in [0.5, 0.6) is 5.75 Å². The Labute approximate surface area is 97.7 Å². The Kier molecular flexibility index (Phi) is 4.54. The van der Waals surface area contributed by atoms with E-state index in [9.17, 15) is 4.39 Å². The van der Waals surface area contributed by atoms with E-state index in [0.29, 0.717) is 12.1 Å². The lowest BCUT2D eigenvalue weighted by atomic mass is 9.97. The molecule has 0 spiro atoms. The van der Waals surface area contributed by atoms with Crippen LogP contribution in [0.3, 0.4) is 0 Å².